The van der Waals surface area contributed by atoms with Crippen molar-refractivity contribution < 1.29 is 4.79 Å². The Morgan fingerprint density at radius 2 is 1.39 bits per heavy atom. The van der Waals surface area contributed by atoms with Gasteiger partial charge in [-0.15, -0.1) is 0 Å². The standard InChI is InChI=1S/C15H16N2O/c1-12(16-13-8-4-2-5-9-13)15(18)17-14-10-6-3-7-11-14/h2-12,16H,1H3,(H,17,18)/t12-/m0/s1. The summed E-state index contributed by atoms with van der Waals surface area (Å²) in [5, 5.41) is 6.01. The van der Waals surface area contributed by atoms with Gasteiger partial charge >= 0.3 is 0 Å². The highest BCUT2D eigenvalue weighted by molar-refractivity contribution is 5.96. The molecule has 0 radical (unpaired) electrons. The third-order valence-electron chi connectivity index (χ3n) is 2.59. The molecule has 2 rings (SSSR count). The van der Waals surface area contributed by atoms with Gasteiger partial charge in [-0.25, -0.2) is 0 Å². The number of para-hydroxylation sites is 2. The maximum absolute atomic E-state index is 11.9. The van der Waals surface area contributed by atoms with Gasteiger partial charge in [0.15, 0.2) is 0 Å². The van der Waals surface area contributed by atoms with Crippen LogP contribution in [0, 0.1) is 0 Å². The monoisotopic (exact) mass is 240 g/mol. The first-order valence-electron chi connectivity index (χ1n) is 5.93. The highest BCUT2D eigenvalue weighted by Gasteiger charge is 2.12. The molecule has 2 aromatic carbocycles. The summed E-state index contributed by atoms with van der Waals surface area (Å²) in [6, 6.07) is 18.8. The van der Waals surface area contributed by atoms with Gasteiger partial charge in [0.25, 0.3) is 0 Å². The van der Waals surface area contributed by atoms with Crippen molar-refractivity contribution in [3.63, 3.8) is 0 Å². The van der Waals surface area contributed by atoms with E-state index in [-0.39, 0.29) is 11.9 Å². The summed E-state index contributed by atoms with van der Waals surface area (Å²) < 4.78 is 0. The lowest BCUT2D eigenvalue weighted by molar-refractivity contribution is -0.116. The molecule has 0 spiro atoms. The molecule has 0 aliphatic heterocycles. The zero-order chi connectivity index (χ0) is 12.8. The minimum absolute atomic E-state index is 0.0509. The SMILES string of the molecule is C[C@H](Nc1ccccc1)C(=O)Nc1ccccc1. The molecule has 0 saturated heterocycles. The maximum atomic E-state index is 11.9. The van der Waals surface area contributed by atoms with Crippen molar-refractivity contribution >= 4 is 17.3 Å². The molecule has 3 nitrogen and oxygen atoms in total. The molecule has 0 heterocycles. The van der Waals surface area contributed by atoms with Crippen molar-refractivity contribution in [3.8, 4) is 0 Å². The fourth-order valence-corrected chi connectivity index (χ4v) is 1.62. The Morgan fingerprint density at radius 1 is 0.889 bits per heavy atom. The summed E-state index contributed by atoms with van der Waals surface area (Å²) in [6.45, 7) is 1.84. The minimum Gasteiger partial charge on any atom is -0.374 e. The number of carbonyl (C=O) groups excluding carboxylic acids is 1. The molecule has 2 N–H and O–H groups in total. The maximum Gasteiger partial charge on any atom is 0.246 e. The van der Waals surface area contributed by atoms with E-state index in [9.17, 15) is 4.79 Å². The topological polar surface area (TPSA) is 41.1 Å². The first kappa shape index (κ1) is 12.2. The normalized spacial score (nSPS) is 11.6. The van der Waals surface area contributed by atoms with Crippen molar-refractivity contribution in [2.75, 3.05) is 10.6 Å². The predicted molar refractivity (Wildman–Crippen MR) is 74.6 cm³/mol. The van der Waals surface area contributed by atoms with Gasteiger partial charge < -0.3 is 10.6 Å². The van der Waals surface area contributed by atoms with Gasteiger partial charge in [-0.1, -0.05) is 36.4 Å². The van der Waals surface area contributed by atoms with Crippen molar-refractivity contribution in [1.82, 2.24) is 0 Å². The van der Waals surface area contributed by atoms with Crippen LogP contribution in [-0.4, -0.2) is 11.9 Å². The number of hydrogen-bond acceptors (Lipinski definition) is 2. The van der Waals surface area contributed by atoms with Crippen LogP contribution in [0.4, 0.5) is 11.4 Å². The van der Waals surface area contributed by atoms with Crippen LogP contribution < -0.4 is 10.6 Å². The Morgan fingerprint density at radius 3 is 1.94 bits per heavy atom. The van der Waals surface area contributed by atoms with Crippen molar-refractivity contribution in [2.24, 2.45) is 0 Å². The van der Waals surface area contributed by atoms with E-state index in [2.05, 4.69) is 10.6 Å². The predicted octanol–water partition coefficient (Wildman–Crippen LogP) is 3.13. The molecule has 92 valence electrons. The third-order valence-corrected chi connectivity index (χ3v) is 2.59. The zero-order valence-corrected chi connectivity index (χ0v) is 10.3. The molecule has 2 aromatic rings. The lowest BCUT2D eigenvalue weighted by Crippen LogP contribution is -2.31. The summed E-state index contributed by atoms with van der Waals surface area (Å²) in [6.07, 6.45) is 0. The number of carbonyl (C=O) groups is 1. The highest BCUT2D eigenvalue weighted by Crippen LogP contribution is 2.09. The average Bonchev–Trinajstić information content (AvgIpc) is 2.41. The van der Waals surface area contributed by atoms with Crippen molar-refractivity contribution in [3.05, 3.63) is 60.7 Å². The summed E-state index contributed by atoms with van der Waals surface area (Å²) in [7, 11) is 0. The van der Waals surface area contributed by atoms with E-state index in [1.54, 1.807) is 0 Å². The highest BCUT2D eigenvalue weighted by atomic mass is 16.2. The lowest BCUT2D eigenvalue weighted by atomic mass is 10.2. The number of hydrogen-bond donors (Lipinski definition) is 2. The number of nitrogens with one attached hydrogen (secondary N) is 2. The quantitative estimate of drug-likeness (QED) is 0.862. The molecule has 0 aromatic heterocycles. The minimum atomic E-state index is -0.285. The second kappa shape index (κ2) is 5.87. The van der Waals surface area contributed by atoms with Crippen LogP contribution in [0.25, 0.3) is 0 Å². The van der Waals surface area contributed by atoms with Gasteiger partial charge in [0, 0.05) is 11.4 Å². The molecule has 1 atom stereocenters. The Labute approximate surface area is 107 Å². The molecule has 18 heavy (non-hydrogen) atoms. The van der Waals surface area contributed by atoms with E-state index < -0.39 is 0 Å². The van der Waals surface area contributed by atoms with Gasteiger partial charge in [0.2, 0.25) is 5.91 Å². The molecule has 0 unspecified atom stereocenters. The van der Waals surface area contributed by atoms with Crippen LogP contribution in [0.2, 0.25) is 0 Å². The summed E-state index contributed by atoms with van der Waals surface area (Å²) in [5.41, 5.74) is 1.75. The number of amides is 1. The molecule has 0 bridgehead atoms. The van der Waals surface area contributed by atoms with Gasteiger partial charge in [0.05, 0.1) is 0 Å². The van der Waals surface area contributed by atoms with Crippen LogP contribution in [0.1, 0.15) is 6.92 Å². The van der Waals surface area contributed by atoms with Crippen molar-refractivity contribution in [1.29, 1.82) is 0 Å². The Balaban J connectivity index is 1.93. The van der Waals surface area contributed by atoms with Crippen LogP contribution in [-0.2, 0) is 4.79 Å². The first-order chi connectivity index (χ1) is 8.75. The van der Waals surface area contributed by atoms with E-state index >= 15 is 0 Å². The van der Waals surface area contributed by atoms with Crippen LogP contribution >= 0.6 is 0 Å². The third kappa shape index (κ3) is 3.35. The molecule has 0 saturated carbocycles. The Kier molecular flexibility index (Phi) is 3.97. The molecule has 3 heteroatoms. The molecular weight excluding hydrogens is 224 g/mol. The van der Waals surface area contributed by atoms with E-state index in [0.717, 1.165) is 11.4 Å². The number of rotatable bonds is 4. The second-order valence-electron chi connectivity index (χ2n) is 4.09. The summed E-state index contributed by atoms with van der Waals surface area (Å²) in [4.78, 5) is 11.9. The van der Waals surface area contributed by atoms with Crippen molar-refractivity contribution in [2.45, 2.75) is 13.0 Å². The van der Waals surface area contributed by atoms with E-state index in [1.165, 1.54) is 0 Å². The first-order valence-corrected chi connectivity index (χ1v) is 5.93. The summed E-state index contributed by atoms with van der Waals surface area (Å²) in [5.74, 6) is -0.0509. The molecule has 1 amide bonds. The summed E-state index contributed by atoms with van der Waals surface area (Å²) >= 11 is 0. The van der Waals surface area contributed by atoms with Gasteiger partial charge in [-0.3, -0.25) is 4.79 Å². The second-order valence-corrected chi connectivity index (χ2v) is 4.09. The van der Waals surface area contributed by atoms with Crippen LogP contribution in [0.5, 0.6) is 0 Å². The van der Waals surface area contributed by atoms with E-state index in [4.69, 9.17) is 0 Å². The fourth-order valence-electron chi connectivity index (χ4n) is 1.62. The largest absolute Gasteiger partial charge is 0.374 e. The molecular formula is C15H16N2O. The van der Waals surface area contributed by atoms with E-state index in [1.807, 2.05) is 67.6 Å². The van der Waals surface area contributed by atoms with Crippen LogP contribution in [0.3, 0.4) is 0 Å². The van der Waals surface area contributed by atoms with Gasteiger partial charge in [-0.05, 0) is 31.2 Å². The lowest BCUT2D eigenvalue weighted by Gasteiger charge is -2.15. The zero-order valence-electron chi connectivity index (χ0n) is 10.3. The molecule has 0 aliphatic rings. The van der Waals surface area contributed by atoms with Crippen LogP contribution in [0.15, 0.2) is 60.7 Å². The molecule has 0 fully saturated rings. The fraction of sp³-hybridized carbons (Fsp3) is 0.133. The number of anilines is 2. The number of benzene rings is 2. The Bertz CT molecular complexity index is 496. The Hall–Kier alpha value is -2.29. The molecule has 0 aliphatic carbocycles. The van der Waals surface area contributed by atoms with E-state index in [0.29, 0.717) is 0 Å². The van der Waals surface area contributed by atoms with Gasteiger partial charge in [-0.2, -0.15) is 0 Å². The van der Waals surface area contributed by atoms with Gasteiger partial charge in [0.1, 0.15) is 6.04 Å². The smallest absolute Gasteiger partial charge is 0.246 e. The average molecular weight is 240 g/mol.